The Hall–Kier alpha value is -1.10. The Labute approximate surface area is 106 Å². The van der Waals surface area contributed by atoms with E-state index < -0.39 is 5.97 Å². The van der Waals surface area contributed by atoms with Gasteiger partial charge in [0.1, 0.15) is 0 Å². The Balaban J connectivity index is 2.36. The van der Waals surface area contributed by atoms with Gasteiger partial charge in [-0.15, -0.1) is 11.3 Å². The molecule has 1 aromatic rings. The van der Waals surface area contributed by atoms with Crippen molar-refractivity contribution in [1.82, 2.24) is 4.98 Å². The highest BCUT2D eigenvalue weighted by molar-refractivity contribution is 7.15. The van der Waals surface area contributed by atoms with Gasteiger partial charge in [0.2, 0.25) is 0 Å². The van der Waals surface area contributed by atoms with Crippen molar-refractivity contribution in [3.63, 3.8) is 0 Å². The molecule has 0 saturated carbocycles. The third-order valence-electron chi connectivity index (χ3n) is 2.51. The molecule has 0 saturated heterocycles. The fourth-order valence-corrected chi connectivity index (χ4v) is 2.53. The maximum atomic E-state index is 10.6. The molecule has 1 heterocycles. The third-order valence-corrected chi connectivity index (χ3v) is 3.63. The second kappa shape index (κ2) is 7.27. The van der Waals surface area contributed by atoms with Crippen molar-refractivity contribution in [2.45, 2.75) is 46.0 Å². The predicted molar refractivity (Wildman–Crippen MR) is 70.8 cm³/mol. The molecule has 0 aliphatic heterocycles. The molecule has 4 nitrogen and oxygen atoms in total. The molecule has 1 aromatic heterocycles. The summed E-state index contributed by atoms with van der Waals surface area (Å²) in [4.78, 5) is 15.8. The molecule has 5 heteroatoms. The minimum atomic E-state index is -0.800. The largest absolute Gasteiger partial charge is 0.481 e. The zero-order chi connectivity index (χ0) is 12.7. The van der Waals surface area contributed by atoms with Crippen LogP contribution in [0.1, 0.15) is 43.2 Å². The molecule has 0 radical (unpaired) electrons. The quantitative estimate of drug-likeness (QED) is 0.702. The number of aromatic nitrogens is 1. The van der Waals surface area contributed by atoms with E-state index in [0.717, 1.165) is 28.7 Å². The van der Waals surface area contributed by atoms with E-state index in [0.29, 0.717) is 0 Å². The summed E-state index contributed by atoms with van der Waals surface area (Å²) < 4.78 is 0. The van der Waals surface area contributed by atoms with Gasteiger partial charge in [-0.25, -0.2) is 4.98 Å². The molecule has 0 atom stereocenters. The van der Waals surface area contributed by atoms with Crippen molar-refractivity contribution in [1.29, 1.82) is 0 Å². The SMILES string of the molecule is CCCCCCNc1nc(C)c(CC(=O)O)s1. The molecule has 17 heavy (non-hydrogen) atoms. The van der Waals surface area contributed by atoms with Gasteiger partial charge in [-0.2, -0.15) is 0 Å². The number of hydrogen-bond donors (Lipinski definition) is 2. The van der Waals surface area contributed by atoms with Crippen LogP contribution in [0.15, 0.2) is 0 Å². The molecule has 0 amide bonds. The van der Waals surface area contributed by atoms with E-state index in [-0.39, 0.29) is 6.42 Å². The van der Waals surface area contributed by atoms with Gasteiger partial charge >= 0.3 is 5.97 Å². The average Bonchev–Trinajstić information content (AvgIpc) is 2.58. The molecule has 0 fully saturated rings. The molecular weight excluding hydrogens is 236 g/mol. The zero-order valence-corrected chi connectivity index (χ0v) is 11.3. The van der Waals surface area contributed by atoms with E-state index in [9.17, 15) is 4.79 Å². The molecule has 0 bridgehead atoms. The topological polar surface area (TPSA) is 62.2 Å². The van der Waals surface area contributed by atoms with Crippen LogP contribution in [-0.4, -0.2) is 22.6 Å². The summed E-state index contributed by atoms with van der Waals surface area (Å²) in [5.41, 5.74) is 0.827. The summed E-state index contributed by atoms with van der Waals surface area (Å²) in [6, 6.07) is 0. The van der Waals surface area contributed by atoms with Crippen molar-refractivity contribution in [3.05, 3.63) is 10.6 Å². The summed E-state index contributed by atoms with van der Waals surface area (Å²) in [7, 11) is 0. The molecule has 0 aliphatic carbocycles. The number of nitrogens with zero attached hydrogens (tertiary/aromatic N) is 1. The Morgan fingerprint density at radius 1 is 1.41 bits per heavy atom. The van der Waals surface area contributed by atoms with Gasteiger partial charge in [0, 0.05) is 11.4 Å². The first-order valence-corrected chi connectivity index (χ1v) is 6.87. The fraction of sp³-hybridized carbons (Fsp3) is 0.667. The lowest BCUT2D eigenvalue weighted by atomic mass is 10.2. The van der Waals surface area contributed by atoms with Crippen molar-refractivity contribution in [2.24, 2.45) is 0 Å². The summed E-state index contributed by atoms with van der Waals surface area (Å²) in [6.07, 6.45) is 4.94. The third kappa shape index (κ3) is 5.17. The van der Waals surface area contributed by atoms with Gasteiger partial charge < -0.3 is 10.4 Å². The summed E-state index contributed by atoms with van der Waals surface area (Å²) in [5.74, 6) is -0.800. The van der Waals surface area contributed by atoms with E-state index in [1.807, 2.05) is 6.92 Å². The zero-order valence-electron chi connectivity index (χ0n) is 10.5. The van der Waals surface area contributed by atoms with Gasteiger partial charge in [0.05, 0.1) is 12.1 Å². The maximum absolute atomic E-state index is 10.6. The van der Waals surface area contributed by atoms with E-state index >= 15 is 0 Å². The average molecular weight is 256 g/mol. The van der Waals surface area contributed by atoms with Gasteiger partial charge in [0.15, 0.2) is 5.13 Å². The molecule has 0 aromatic carbocycles. The molecule has 2 N–H and O–H groups in total. The van der Waals surface area contributed by atoms with Crippen LogP contribution in [0, 0.1) is 6.92 Å². The molecule has 0 spiro atoms. The van der Waals surface area contributed by atoms with E-state index in [4.69, 9.17) is 5.11 Å². The Morgan fingerprint density at radius 2 is 2.18 bits per heavy atom. The van der Waals surface area contributed by atoms with Crippen molar-refractivity contribution >= 4 is 22.4 Å². The highest BCUT2D eigenvalue weighted by Gasteiger charge is 2.10. The first-order chi connectivity index (χ1) is 8.13. The second-order valence-electron chi connectivity index (χ2n) is 4.09. The number of thiazole rings is 1. The van der Waals surface area contributed by atoms with Crippen molar-refractivity contribution < 1.29 is 9.90 Å². The van der Waals surface area contributed by atoms with Crippen molar-refractivity contribution in [3.8, 4) is 0 Å². The minimum absolute atomic E-state index is 0.0705. The van der Waals surface area contributed by atoms with Gasteiger partial charge in [-0.05, 0) is 13.3 Å². The number of carbonyl (C=O) groups is 1. The van der Waals surface area contributed by atoms with Crippen LogP contribution in [0.5, 0.6) is 0 Å². The molecule has 0 aliphatic rings. The van der Waals surface area contributed by atoms with Crippen LogP contribution in [0.4, 0.5) is 5.13 Å². The van der Waals surface area contributed by atoms with E-state index in [2.05, 4.69) is 17.2 Å². The van der Waals surface area contributed by atoms with Gasteiger partial charge in [0.25, 0.3) is 0 Å². The standard InChI is InChI=1S/C12H20N2O2S/c1-3-4-5-6-7-13-12-14-9(2)10(17-12)8-11(15)16/h3-8H2,1-2H3,(H,13,14)(H,15,16). The monoisotopic (exact) mass is 256 g/mol. The molecule has 96 valence electrons. The lowest BCUT2D eigenvalue weighted by molar-refractivity contribution is -0.136. The highest BCUT2D eigenvalue weighted by atomic mass is 32.1. The molecule has 1 rings (SSSR count). The van der Waals surface area contributed by atoms with Crippen LogP contribution < -0.4 is 5.32 Å². The summed E-state index contributed by atoms with van der Waals surface area (Å²) in [6.45, 7) is 4.96. The van der Waals surface area contributed by atoms with Gasteiger partial charge in [-0.3, -0.25) is 4.79 Å². The number of nitrogens with one attached hydrogen (secondary N) is 1. The number of unbranched alkanes of at least 4 members (excludes halogenated alkanes) is 3. The predicted octanol–water partition coefficient (Wildman–Crippen LogP) is 3.07. The highest BCUT2D eigenvalue weighted by Crippen LogP contribution is 2.23. The van der Waals surface area contributed by atoms with Crippen molar-refractivity contribution in [2.75, 3.05) is 11.9 Å². The Kier molecular flexibility index (Phi) is 5.97. The number of anilines is 1. The van der Waals surface area contributed by atoms with Crippen LogP contribution in [0.2, 0.25) is 0 Å². The number of aliphatic carboxylic acids is 1. The lowest BCUT2D eigenvalue weighted by Crippen LogP contribution is -2.00. The number of carboxylic acid groups (broad SMARTS) is 1. The second-order valence-corrected chi connectivity index (χ2v) is 5.17. The molecular formula is C12H20N2O2S. The minimum Gasteiger partial charge on any atom is -0.481 e. The van der Waals surface area contributed by atoms with Gasteiger partial charge in [-0.1, -0.05) is 26.2 Å². The van der Waals surface area contributed by atoms with E-state index in [1.54, 1.807) is 0 Å². The van der Waals surface area contributed by atoms with Crippen LogP contribution in [0.25, 0.3) is 0 Å². The number of hydrogen-bond acceptors (Lipinski definition) is 4. The Bertz CT molecular complexity index is 363. The first-order valence-electron chi connectivity index (χ1n) is 6.05. The Morgan fingerprint density at radius 3 is 2.82 bits per heavy atom. The summed E-state index contributed by atoms with van der Waals surface area (Å²) >= 11 is 1.45. The normalized spacial score (nSPS) is 10.5. The molecule has 0 unspecified atom stereocenters. The maximum Gasteiger partial charge on any atom is 0.308 e. The number of aryl methyl sites for hydroxylation is 1. The fourth-order valence-electron chi connectivity index (χ4n) is 1.55. The lowest BCUT2D eigenvalue weighted by Gasteiger charge is -2.01. The number of carboxylic acids is 1. The van der Waals surface area contributed by atoms with Crippen LogP contribution in [0.3, 0.4) is 0 Å². The van der Waals surface area contributed by atoms with Crippen LogP contribution >= 0.6 is 11.3 Å². The number of rotatable bonds is 8. The first kappa shape index (κ1) is 14.0. The smallest absolute Gasteiger partial charge is 0.308 e. The summed E-state index contributed by atoms with van der Waals surface area (Å²) in [5, 5.41) is 12.8. The van der Waals surface area contributed by atoms with Crippen LogP contribution in [-0.2, 0) is 11.2 Å². The van der Waals surface area contributed by atoms with E-state index in [1.165, 1.54) is 30.6 Å².